The van der Waals surface area contributed by atoms with Crippen molar-refractivity contribution in [2.75, 3.05) is 20.3 Å². The van der Waals surface area contributed by atoms with Gasteiger partial charge in [-0.05, 0) is 16.7 Å². The van der Waals surface area contributed by atoms with Gasteiger partial charge in [0.25, 0.3) is 0 Å². The summed E-state index contributed by atoms with van der Waals surface area (Å²) in [6.07, 6.45) is 0. The van der Waals surface area contributed by atoms with Gasteiger partial charge < -0.3 is 10.1 Å². The summed E-state index contributed by atoms with van der Waals surface area (Å²) < 4.78 is 4.99. The van der Waals surface area contributed by atoms with Gasteiger partial charge in [-0.3, -0.25) is 0 Å². The van der Waals surface area contributed by atoms with Crippen molar-refractivity contribution in [3.8, 4) is 11.1 Å². The molecule has 102 valence electrons. The minimum atomic E-state index is 0. The van der Waals surface area contributed by atoms with Gasteiger partial charge >= 0.3 is 0 Å². The van der Waals surface area contributed by atoms with Crippen LogP contribution in [0.4, 0.5) is 0 Å². The quantitative estimate of drug-likeness (QED) is 0.816. The molecular formula is C16H20ClNO. The molecular weight excluding hydrogens is 258 g/mol. The molecule has 2 nitrogen and oxygen atoms in total. The molecule has 0 aromatic heterocycles. The first-order chi connectivity index (χ1) is 8.90. The molecule has 2 aromatic carbocycles. The lowest BCUT2D eigenvalue weighted by Gasteiger charge is -2.06. The molecule has 1 N–H and O–H groups in total. The largest absolute Gasteiger partial charge is 0.383 e. The summed E-state index contributed by atoms with van der Waals surface area (Å²) in [5, 5.41) is 3.34. The highest BCUT2D eigenvalue weighted by molar-refractivity contribution is 5.85. The molecule has 0 aliphatic heterocycles. The Morgan fingerprint density at radius 3 is 2.16 bits per heavy atom. The Hall–Kier alpha value is -1.35. The Labute approximate surface area is 121 Å². The zero-order valence-electron chi connectivity index (χ0n) is 11.1. The van der Waals surface area contributed by atoms with Crippen LogP contribution in [0.2, 0.25) is 0 Å². The molecule has 0 spiro atoms. The second-order valence-corrected chi connectivity index (χ2v) is 4.23. The summed E-state index contributed by atoms with van der Waals surface area (Å²) in [5.41, 5.74) is 3.82. The normalized spacial score (nSPS) is 9.95. The van der Waals surface area contributed by atoms with E-state index in [9.17, 15) is 0 Å². The van der Waals surface area contributed by atoms with Crippen LogP contribution in [-0.2, 0) is 11.3 Å². The van der Waals surface area contributed by atoms with Crippen molar-refractivity contribution in [2.24, 2.45) is 0 Å². The van der Waals surface area contributed by atoms with Gasteiger partial charge in [0.1, 0.15) is 0 Å². The van der Waals surface area contributed by atoms with Crippen molar-refractivity contribution in [1.29, 1.82) is 0 Å². The van der Waals surface area contributed by atoms with Crippen LogP contribution in [0.15, 0.2) is 54.6 Å². The lowest BCUT2D eigenvalue weighted by atomic mass is 10.0. The van der Waals surface area contributed by atoms with Crippen LogP contribution >= 0.6 is 12.4 Å². The molecule has 0 amide bonds. The van der Waals surface area contributed by atoms with E-state index in [1.165, 1.54) is 16.7 Å². The van der Waals surface area contributed by atoms with E-state index in [0.29, 0.717) is 0 Å². The summed E-state index contributed by atoms with van der Waals surface area (Å²) in [4.78, 5) is 0. The number of nitrogens with one attached hydrogen (secondary N) is 1. The molecule has 0 atom stereocenters. The minimum Gasteiger partial charge on any atom is -0.383 e. The van der Waals surface area contributed by atoms with Crippen LogP contribution in [0, 0.1) is 0 Å². The number of hydrogen-bond acceptors (Lipinski definition) is 2. The van der Waals surface area contributed by atoms with Gasteiger partial charge in [-0.2, -0.15) is 0 Å². The third-order valence-electron chi connectivity index (χ3n) is 2.87. The second kappa shape index (κ2) is 8.70. The molecule has 0 unspecified atom stereocenters. The molecule has 0 aliphatic rings. The topological polar surface area (TPSA) is 21.3 Å². The van der Waals surface area contributed by atoms with Crippen LogP contribution in [0.1, 0.15) is 5.56 Å². The average Bonchev–Trinajstić information content (AvgIpc) is 2.45. The Bertz CT molecular complexity index is 456. The van der Waals surface area contributed by atoms with Crippen LogP contribution in [0.25, 0.3) is 11.1 Å². The van der Waals surface area contributed by atoms with Crippen molar-refractivity contribution in [1.82, 2.24) is 5.32 Å². The van der Waals surface area contributed by atoms with E-state index in [-0.39, 0.29) is 12.4 Å². The molecule has 3 heteroatoms. The highest BCUT2D eigenvalue weighted by atomic mass is 35.5. The van der Waals surface area contributed by atoms with Gasteiger partial charge in [0.05, 0.1) is 6.61 Å². The monoisotopic (exact) mass is 277 g/mol. The SMILES string of the molecule is COCCNCc1ccc(-c2ccccc2)cc1.Cl. The van der Waals surface area contributed by atoms with E-state index in [0.717, 1.165) is 19.7 Å². The second-order valence-electron chi connectivity index (χ2n) is 4.23. The van der Waals surface area contributed by atoms with Gasteiger partial charge in [0.15, 0.2) is 0 Å². The Morgan fingerprint density at radius 2 is 1.53 bits per heavy atom. The molecule has 0 aliphatic carbocycles. The standard InChI is InChI=1S/C16H19NO.ClH/c1-18-12-11-17-13-14-7-9-16(10-8-14)15-5-3-2-4-6-15;/h2-10,17H,11-13H2,1H3;1H. The van der Waals surface area contributed by atoms with E-state index in [4.69, 9.17) is 4.74 Å². The maximum Gasteiger partial charge on any atom is 0.0587 e. The van der Waals surface area contributed by atoms with Crippen molar-refractivity contribution < 1.29 is 4.74 Å². The lowest BCUT2D eigenvalue weighted by molar-refractivity contribution is 0.199. The summed E-state index contributed by atoms with van der Waals surface area (Å²) in [7, 11) is 1.72. The van der Waals surface area contributed by atoms with Crippen LogP contribution in [0.3, 0.4) is 0 Å². The lowest BCUT2D eigenvalue weighted by Crippen LogP contribution is -2.18. The van der Waals surface area contributed by atoms with Crippen molar-refractivity contribution in [3.63, 3.8) is 0 Å². The van der Waals surface area contributed by atoms with Crippen LogP contribution in [0.5, 0.6) is 0 Å². The zero-order chi connectivity index (χ0) is 12.6. The van der Waals surface area contributed by atoms with E-state index in [1.807, 2.05) is 6.07 Å². The van der Waals surface area contributed by atoms with Crippen molar-refractivity contribution in [3.05, 3.63) is 60.2 Å². The fourth-order valence-electron chi connectivity index (χ4n) is 1.85. The smallest absolute Gasteiger partial charge is 0.0587 e. The Morgan fingerprint density at radius 1 is 0.895 bits per heavy atom. The molecule has 2 aromatic rings. The van der Waals surface area contributed by atoms with Gasteiger partial charge in [-0.25, -0.2) is 0 Å². The van der Waals surface area contributed by atoms with Gasteiger partial charge in [0, 0.05) is 20.2 Å². The first kappa shape index (κ1) is 15.7. The number of methoxy groups -OCH3 is 1. The highest BCUT2D eigenvalue weighted by Crippen LogP contribution is 2.18. The number of ether oxygens (including phenoxy) is 1. The molecule has 0 saturated heterocycles. The van der Waals surface area contributed by atoms with Crippen molar-refractivity contribution >= 4 is 12.4 Å². The van der Waals surface area contributed by atoms with Gasteiger partial charge in [0.2, 0.25) is 0 Å². The number of hydrogen-bond donors (Lipinski definition) is 1. The Balaban J connectivity index is 0.00000180. The molecule has 19 heavy (non-hydrogen) atoms. The third-order valence-corrected chi connectivity index (χ3v) is 2.87. The highest BCUT2D eigenvalue weighted by Gasteiger charge is 1.97. The number of rotatable bonds is 6. The molecule has 0 heterocycles. The minimum absolute atomic E-state index is 0. The summed E-state index contributed by atoms with van der Waals surface area (Å²) in [6.45, 7) is 2.53. The third kappa shape index (κ3) is 5.03. The summed E-state index contributed by atoms with van der Waals surface area (Å²) in [5.74, 6) is 0. The molecule has 0 saturated carbocycles. The predicted molar refractivity (Wildman–Crippen MR) is 82.7 cm³/mol. The van der Waals surface area contributed by atoms with E-state index >= 15 is 0 Å². The molecule has 0 fully saturated rings. The zero-order valence-corrected chi connectivity index (χ0v) is 12.0. The van der Waals surface area contributed by atoms with E-state index in [1.54, 1.807) is 7.11 Å². The number of halogens is 1. The average molecular weight is 278 g/mol. The number of benzene rings is 2. The molecule has 2 rings (SSSR count). The maximum absolute atomic E-state index is 4.99. The van der Waals surface area contributed by atoms with Gasteiger partial charge in [-0.15, -0.1) is 12.4 Å². The Kier molecular flexibility index (Phi) is 7.19. The fraction of sp³-hybridized carbons (Fsp3) is 0.250. The van der Waals surface area contributed by atoms with Crippen LogP contribution < -0.4 is 5.32 Å². The summed E-state index contributed by atoms with van der Waals surface area (Å²) >= 11 is 0. The fourth-order valence-corrected chi connectivity index (χ4v) is 1.85. The van der Waals surface area contributed by atoms with E-state index in [2.05, 4.69) is 53.8 Å². The first-order valence-electron chi connectivity index (χ1n) is 6.24. The summed E-state index contributed by atoms with van der Waals surface area (Å²) in [6, 6.07) is 19.1. The molecule has 0 radical (unpaired) electrons. The molecule has 0 bridgehead atoms. The predicted octanol–water partition coefficient (Wildman–Crippen LogP) is 3.51. The first-order valence-corrected chi connectivity index (χ1v) is 6.24. The maximum atomic E-state index is 4.99. The van der Waals surface area contributed by atoms with Crippen molar-refractivity contribution in [2.45, 2.75) is 6.54 Å². The van der Waals surface area contributed by atoms with Gasteiger partial charge in [-0.1, -0.05) is 54.6 Å². The van der Waals surface area contributed by atoms with E-state index < -0.39 is 0 Å². The van der Waals surface area contributed by atoms with Crippen LogP contribution in [-0.4, -0.2) is 20.3 Å².